The van der Waals surface area contributed by atoms with Crippen LogP contribution in [0.15, 0.2) is 4.99 Å². The number of likely N-dealkylation sites (tertiary alicyclic amines) is 1. The number of hydrogen-bond donors (Lipinski definition) is 1. The summed E-state index contributed by atoms with van der Waals surface area (Å²) in [7, 11) is 1.87. The summed E-state index contributed by atoms with van der Waals surface area (Å²) in [5.41, 5.74) is 0. The van der Waals surface area contributed by atoms with Gasteiger partial charge in [-0.05, 0) is 32.2 Å². The first kappa shape index (κ1) is 12.1. The predicted molar refractivity (Wildman–Crippen MR) is 67.0 cm³/mol. The lowest BCUT2D eigenvalue weighted by atomic mass is 9.83. The van der Waals surface area contributed by atoms with Crippen molar-refractivity contribution in [1.82, 2.24) is 4.90 Å². The molecule has 0 spiro atoms. The smallest absolute Gasteiger partial charge is 0.0667 e. The van der Waals surface area contributed by atoms with E-state index in [1.54, 1.807) is 0 Å². The molecule has 0 amide bonds. The molecule has 2 rings (SSSR count). The Hall–Kier alpha value is -0.410. The van der Waals surface area contributed by atoms with Crippen LogP contribution in [0.3, 0.4) is 0 Å². The Morgan fingerprint density at radius 1 is 1.19 bits per heavy atom. The van der Waals surface area contributed by atoms with E-state index in [2.05, 4.69) is 16.1 Å². The second kappa shape index (κ2) is 5.78. The Labute approximate surface area is 98.6 Å². The minimum atomic E-state index is -0.102. The molecule has 0 radical (unpaired) electrons. The molecule has 2 aliphatic rings. The van der Waals surface area contributed by atoms with Gasteiger partial charge in [-0.1, -0.05) is 12.8 Å². The lowest BCUT2D eigenvalue weighted by molar-refractivity contribution is 0.0279. The van der Waals surface area contributed by atoms with Gasteiger partial charge < -0.3 is 10.1 Å². The fraction of sp³-hybridized carbons (Fsp3) is 0.923. The van der Waals surface area contributed by atoms with Crippen molar-refractivity contribution in [2.45, 2.75) is 50.7 Å². The van der Waals surface area contributed by atoms with Gasteiger partial charge in [0, 0.05) is 31.8 Å². The van der Waals surface area contributed by atoms with Crippen LogP contribution in [0.2, 0.25) is 0 Å². The first-order valence-electron chi connectivity index (χ1n) is 6.65. The molecule has 3 atom stereocenters. The zero-order valence-electron chi connectivity index (χ0n) is 10.3. The van der Waals surface area contributed by atoms with Crippen molar-refractivity contribution >= 4 is 6.21 Å². The molecule has 1 aliphatic heterocycles. The van der Waals surface area contributed by atoms with E-state index in [1.807, 2.05) is 7.05 Å². The average molecular weight is 224 g/mol. The Morgan fingerprint density at radius 3 is 2.75 bits per heavy atom. The van der Waals surface area contributed by atoms with Crippen LogP contribution in [0.5, 0.6) is 0 Å². The highest BCUT2D eigenvalue weighted by molar-refractivity contribution is 5.61. The van der Waals surface area contributed by atoms with Crippen LogP contribution in [0.1, 0.15) is 38.5 Å². The summed E-state index contributed by atoms with van der Waals surface area (Å²) in [4.78, 5) is 6.71. The van der Waals surface area contributed by atoms with Crippen LogP contribution in [0.4, 0.5) is 0 Å². The molecule has 16 heavy (non-hydrogen) atoms. The van der Waals surface area contributed by atoms with E-state index in [0.29, 0.717) is 12.0 Å². The maximum Gasteiger partial charge on any atom is 0.0667 e. The van der Waals surface area contributed by atoms with E-state index in [9.17, 15) is 5.11 Å². The molecule has 92 valence electrons. The highest BCUT2D eigenvalue weighted by Gasteiger charge is 2.31. The van der Waals surface area contributed by atoms with Gasteiger partial charge in [-0.3, -0.25) is 4.90 Å². The van der Waals surface area contributed by atoms with Crippen molar-refractivity contribution in [1.29, 1.82) is 0 Å². The molecule has 2 fully saturated rings. The molecule has 3 nitrogen and oxygen atoms in total. The SMILES string of the molecule is CN=CC1CCCC[C@@H]1N1CCC[C@H](O)C1. The van der Waals surface area contributed by atoms with Crippen molar-refractivity contribution in [2.24, 2.45) is 10.9 Å². The van der Waals surface area contributed by atoms with E-state index in [-0.39, 0.29) is 6.10 Å². The Balaban J connectivity index is 1.98. The molecule has 0 aromatic heterocycles. The van der Waals surface area contributed by atoms with Gasteiger partial charge in [-0.15, -0.1) is 0 Å². The van der Waals surface area contributed by atoms with Gasteiger partial charge in [0.1, 0.15) is 0 Å². The summed E-state index contributed by atoms with van der Waals surface area (Å²) in [6, 6.07) is 0.632. The number of nitrogens with zero attached hydrogens (tertiary/aromatic N) is 2. The number of β-amino-alcohol motifs (C(OH)–C–C–N with tert-alkyl or cyclic N) is 1. The first-order chi connectivity index (χ1) is 7.81. The van der Waals surface area contributed by atoms with Crippen LogP contribution in [-0.4, -0.2) is 48.5 Å². The minimum Gasteiger partial charge on any atom is -0.392 e. The third-order valence-electron chi connectivity index (χ3n) is 4.02. The summed E-state index contributed by atoms with van der Waals surface area (Å²) < 4.78 is 0. The van der Waals surface area contributed by atoms with E-state index >= 15 is 0 Å². The molecule has 1 unspecified atom stereocenters. The molecule has 0 aromatic rings. The number of aliphatic hydroxyl groups is 1. The maximum atomic E-state index is 9.75. The predicted octanol–water partition coefficient (Wildman–Crippen LogP) is 1.70. The molecule has 1 aliphatic carbocycles. The van der Waals surface area contributed by atoms with Crippen LogP contribution in [-0.2, 0) is 0 Å². The van der Waals surface area contributed by atoms with Crippen LogP contribution >= 0.6 is 0 Å². The zero-order chi connectivity index (χ0) is 11.4. The topological polar surface area (TPSA) is 35.8 Å². The molecule has 3 heteroatoms. The van der Waals surface area contributed by atoms with Crippen molar-refractivity contribution in [3.05, 3.63) is 0 Å². The number of hydrogen-bond acceptors (Lipinski definition) is 3. The summed E-state index contributed by atoms with van der Waals surface area (Å²) in [5.74, 6) is 0.615. The highest BCUT2D eigenvalue weighted by atomic mass is 16.3. The number of aliphatic hydroxyl groups excluding tert-OH is 1. The van der Waals surface area contributed by atoms with Crippen molar-refractivity contribution in [3.8, 4) is 0 Å². The van der Waals surface area contributed by atoms with Gasteiger partial charge in [0.05, 0.1) is 6.10 Å². The van der Waals surface area contributed by atoms with E-state index in [1.165, 1.54) is 25.7 Å². The summed E-state index contributed by atoms with van der Waals surface area (Å²) >= 11 is 0. The molecule has 1 N–H and O–H groups in total. The second-order valence-electron chi connectivity index (χ2n) is 5.21. The molecule has 1 saturated carbocycles. The van der Waals surface area contributed by atoms with Crippen LogP contribution in [0.25, 0.3) is 0 Å². The number of rotatable bonds is 2. The quantitative estimate of drug-likeness (QED) is 0.725. The van der Waals surface area contributed by atoms with E-state index in [0.717, 1.165) is 25.9 Å². The van der Waals surface area contributed by atoms with Gasteiger partial charge in [0.2, 0.25) is 0 Å². The maximum absolute atomic E-state index is 9.75. The summed E-state index contributed by atoms with van der Waals surface area (Å²) in [5, 5.41) is 9.75. The molecule has 1 heterocycles. The van der Waals surface area contributed by atoms with Crippen molar-refractivity contribution in [2.75, 3.05) is 20.1 Å². The van der Waals surface area contributed by atoms with Gasteiger partial charge in [0.15, 0.2) is 0 Å². The van der Waals surface area contributed by atoms with Crippen LogP contribution in [0, 0.1) is 5.92 Å². The summed E-state index contributed by atoms with van der Waals surface area (Å²) in [6.45, 7) is 2.04. The monoisotopic (exact) mass is 224 g/mol. The fourth-order valence-electron chi connectivity index (χ4n) is 3.24. The van der Waals surface area contributed by atoms with Gasteiger partial charge in [0.25, 0.3) is 0 Å². The fourth-order valence-corrected chi connectivity index (χ4v) is 3.24. The number of aliphatic imine (C=N–C) groups is 1. The standard InChI is InChI=1S/C13H24N2O/c1-14-9-11-5-2-3-7-13(11)15-8-4-6-12(16)10-15/h9,11-13,16H,2-8,10H2,1H3/t11?,12-,13-/m0/s1. The Kier molecular flexibility index (Phi) is 4.36. The van der Waals surface area contributed by atoms with Crippen LogP contribution < -0.4 is 0 Å². The molecular weight excluding hydrogens is 200 g/mol. The van der Waals surface area contributed by atoms with Crippen molar-refractivity contribution in [3.63, 3.8) is 0 Å². The Morgan fingerprint density at radius 2 is 2.00 bits per heavy atom. The molecular formula is C13H24N2O. The summed E-state index contributed by atoms with van der Waals surface area (Å²) in [6.07, 6.45) is 9.39. The Bertz CT molecular complexity index is 242. The van der Waals surface area contributed by atoms with Crippen molar-refractivity contribution < 1.29 is 5.11 Å². The largest absolute Gasteiger partial charge is 0.392 e. The lowest BCUT2D eigenvalue weighted by Gasteiger charge is -2.41. The van der Waals surface area contributed by atoms with E-state index in [4.69, 9.17) is 0 Å². The normalized spacial score (nSPS) is 38.0. The van der Waals surface area contributed by atoms with Gasteiger partial charge >= 0.3 is 0 Å². The first-order valence-corrected chi connectivity index (χ1v) is 6.65. The lowest BCUT2D eigenvalue weighted by Crippen LogP contribution is -2.49. The van der Waals surface area contributed by atoms with Gasteiger partial charge in [-0.25, -0.2) is 0 Å². The average Bonchev–Trinajstić information content (AvgIpc) is 2.30. The second-order valence-corrected chi connectivity index (χ2v) is 5.21. The molecule has 0 bridgehead atoms. The zero-order valence-corrected chi connectivity index (χ0v) is 10.3. The molecule has 0 aromatic carbocycles. The number of piperidine rings is 1. The highest BCUT2D eigenvalue weighted by Crippen LogP contribution is 2.29. The minimum absolute atomic E-state index is 0.102. The molecule has 1 saturated heterocycles. The third kappa shape index (κ3) is 2.83. The third-order valence-corrected chi connectivity index (χ3v) is 4.02. The van der Waals surface area contributed by atoms with Gasteiger partial charge in [-0.2, -0.15) is 0 Å². The van der Waals surface area contributed by atoms with E-state index < -0.39 is 0 Å².